The van der Waals surface area contributed by atoms with Crippen molar-refractivity contribution in [2.75, 3.05) is 19.6 Å². The predicted molar refractivity (Wildman–Crippen MR) is 54.0 cm³/mol. The quantitative estimate of drug-likeness (QED) is 0.696. The molecule has 0 amide bonds. The lowest BCUT2D eigenvalue weighted by Crippen LogP contribution is -2.24. The number of nitrogens with zero attached hydrogens (tertiary/aromatic N) is 1. The van der Waals surface area contributed by atoms with E-state index in [9.17, 15) is 0 Å². The van der Waals surface area contributed by atoms with Crippen molar-refractivity contribution in [1.29, 1.82) is 0 Å². The van der Waals surface area contributed by atoms with Gasteiger partial charge in [0.25, 0.3) is 0 Å². The lowest BCUT2D eigenvalue weighted by molar-refractivity contribution is 0.304. The van der Waals surface area contributed by atoms with Crippen LogP contribution in [-0.2, 0) is 0 Å². The molecule has 10 heavy (non-hydrogen) atoms. The van der Waals surface area contributed by atoms with E-state index in [1.54, 1.807) is 0 Å². The Bertz CT molecular complexity index is 72.0. The summed E-state index contributed by atoms with van der Waals surface area (Å²) in [5.41, 5.74) is 0. The number of rotatable bonds is 5. The maximum absolute atomic E-state index is 3.45. The highest BCUT2D eigenvalue weighted by Crippen LogP contribution is 2.12. The van der Waals surface area contributed by atoms with Gasteiger partial charge < -0.3 is 4.90 Å². The zero-order valence-corrected chi connectivity index (χ0v) is 9.78. The fourth-order valence-corrected chi connectivity index (χ4v) is 1.23. The molecule has 0 aliphatic rings. The Morgan fingerprint density at radius 3 is 2.00 bits per heavy atom. The van der Waals surface area contributed by atoms with Gasteiger partial charge in [0.05, 0.1) is 3.74 Å². The molecular weight excluding hydrogens is 258 g/mol. The molecule has 0 aliphatic heterocycles. The second-order valence-corrected chi connectivity index (χ2v) is 5.65. The SMILES string of the molecule is CCN(CC)CCC(Br)Br. The Kier molecular flexibility index (Phi) is 7.23. The van der Waals surface area contributed by atoms with Crippen LogP contribution in [0.15, 0.2) is 0 Å². The minimum Gasteiger partial charge on any atom is -0.304 e. The first-order chi connectivity index (χ1) is 4.70. The minimum atomic E-state index is 0.473. The molecule has 0 radical (unpaired) electrons. The summed E-state index contributed by atoms with van der Waals surface area (Å²) in [6.45, 7) is 7.88. The summed E-state index contributed by atoms with van der Waals surface area (Å²) >= 11 is 6.90. The van der Waals surface area contributed by atoms with E-state index in [0.29, 0.717) is 3.74 Å². The summed E-state index contributed by atoms with van der Waals surface area (Å²) in [7, 11) is 0. The van der Waals surface area contributed by atoms with Gasteiger partial charge in [0.2, 0.25) is 0 Å². The van der Waals surface area contributed by atoms with Crippen molar-refractivity contribution < 1.29 is 0 Å². The molecule has 3 heteroatoms. The summed E-state index contributed by atoms with van der Waals surface area (Å²) in [4.78, 5) is 2.41. The summed E-state index contributed by atoms with van der Waals surface area (Å²) < 4.78 is 0.473. The smallest absolute Gasteiger partial charge is 0.0710 e. The minimum absolute atomic E-state index is 0.473. The largest absolute Gasteiger partial charge is 0.304 e. The number of hydrogen-bond acceptors (Lipinski definition) is 1. The van der Waals surface area contributed by atoms with Crippen molar-refractivity contribution >= 4 is 31.9 Å². The summed E-state index contributed by atoms with van der Waals surface area (Å²) in [6.07, 6.45) is 1.17. The third-order valence-electron chi connectivity index (χ3n) is 1.56. The van der Waals surface area contributed by atoms with E-state index in [4.69, 9.17) is 0 Å². The molecule has 0 aromatic rings. The van der Waals surface area contributed by atoms with Crippen LogP contribution >= 0.6 is 31.9 Å². The molecule has 0 atom stereocenters. The lowest BCUT2D eigenvalue weighted by atomic mass is 10.4. The Morgan fingerprint density at radius 2 is 1.70 bits per heavy atom. The zero-order valence-electron chi connectivity index (χ0n) is 6.61. The lowest BCUT2D eigenvalue weighted by Gasteiger charge is -2.17. The highest BCUT2D eigenvalue weighted by atomic mass is 79.9. The van der Waals surface area contributed by atoms with Crippen molar-refractivity contribution in [3.05, 3.63) is 0 Å². The molecule has 0 rings (SSSR count). The fraction of sp³-hybridized carbons (Fsp3) is 1.00. The van der Waals surface area contributed by atoms with Crippen molar-refractivity contribution in [2.24, 2.45) is 0 Å². The molecule has 62 valence electrons. The highest BCUT2D eigenvalue weighted by molar-refractivity contribution is 9.24. The Hall–Kier alpha value is 0.920. The third kappa shape index (κ3) is 5.69. The molecular formula is C7H15Br2N. The van der Waals surface area contributed by atoms with Gasteiger partial charge in [-0.25, -0.2) is 0 Å². The van der Waals surface area contributed by atoms with Gasteiger partial charge in [0, 0.05) is 0 Å². The normalized spacial score (nSPS) is 11.4. The average molecular weight is 273 g/mol. The van der Waals surface area contributed by atoms with Gasteiger partial charge in [-0.3, -0.25) is 0 Å². The third-order valence-corrected chi connectivity index (χ3v) is 2.47. The van der Waals surface area contributed by atoms with E-state index < -0.39 is 0 Å². The van der Waals surface area contributed by atoms with Crippen LogP contribution in [0.4, 0.5) is 0 Å². The molecule has 0 aromatic heterocycles. The van der Waals surface area contributed by atoms with Crippen molar-refractivity contribution in [3.63, 3.8) is 0 Å². The Morgan fingerprint density at radius 1 is 1.20 bits per heavy atom. The Balaban J connectivity index is 3.26. The van der Waals surface area contributed by atoms with Crippen molar-refractivity contribution in [3.8, 4) is 0 Å². The van der Waals surface area contributed by atoms with Crippen LogP contribution in [0.1, 0.15) is 20.3 Å². The van der Waals surface area contributed by atoms with Crippen molar-refractivity contribution in [2.45, 2.75) is 24.0 Å². The predicted octanol–water partition coefficient (Wildman–Crippen LogP) is 2.83. The van der Waals surface area contributed by atoms with E-state index in [0.717, 1.165) is 13.1 Å². The summed E-state index contributed by atoms with van der Waals surface area (Å²) in [5.74, 6) is 0. The molecule has 0 N–H and O–H groups in total. The molecule has 0 aromatic carbocycles. The fourth-order valence-electron chi connectivity index (χ4n) is 0.820. The number of halogens is 2. The number of alkyl halides is 2. The van der Waals surface area contributed by atoms with Crippen LogP contribution in [0, 0.1) is 0 Å². The van der Waals surface area contributed by atoms with E-state index >= 15 is 0 Å². The van der Waals surface area contributed by atoms with Gasteiger partial charge in [-0.05, 0) is 26.1 Å². The monoisotopic (exact) mass is 271 g/mol. The maximum atomic E-state index is 3.45. The summed E-state index contributed by atoms with van der Waals surface area (Å²) in [6, 6.07) is 0. The first-order valence-electron chi connectivity index (χ1n) is 3.71. The van der Waals surface area contributed by atoms with E-state index in [1.165, 1.54) is 13.0 Å². The molecule has 0 fully saturated rings. The molecule has 0 spiro atoms. The molecule has 0 saturated carbocycles. The topological polar surface area (TPSA) is 3.24 Å². The second kappa shape index (κ2) is 6.62. The van der Waals surface area contributed by atoms with E-state index in [-0.39, 0.29) is 0 Å². The van der Waals surface area contributed by atoms with Crippen LogP contribution in [0.5, 0.6) is 0 Å². The van der Waals surface area contributed by atoms with Crippen LogP contribution in [-0.4, -0.2) is 28.3 Å². The molecule has 0 saturated heterocycles. The van der Waals surface area contributed by atoms with Gasteiger partial charge >= 0.3 is 0 Å². The van der Waals surface area contributed by atoms with Gasteiger partial charge in [0.1, 0.15) is 0 Å². The highest BCUT2D eigenvalue weighted by Gasteiger charge is 2.01. The molecule has 1 nitrogen and oxygen atoms in total. The van der Waals surface area contributed by atoms with Gasteiger partial charge in [-0.15, -0.1) is 0 Å². The van der Waals surface area contributed by atoms with E-state index in [2.05, 4.69) is 50.6 Å². The van der Waals surface area contributed by atoms with Gasteiger partial charge in [0.15, 0.2) is 0 Å². The Labute approximate surface area is 80.4 Å². The summed E-state index contributed by atoms with van der Waals surface area (Å²) in [5, 5.41) is 0. The number of hydrogen-bond donors (Lipinski definition) is 0. The standard InChI is InChI=1S/C7H15Br2N/c1-3-10(4-2)6-5-7(8)9/h7H,3-6H2,1-2H3. The van der Waals surface area contributed by atoms with Crippen LogP contribution in [0.3, 0.4) is 0 Å². The molecule has 0 unspecified atom stereocenters. The van der Waals surface area contributed by atoms with Gasteiger partial charge in [-0.1, -0.05) is 45.7 Å². The molecule has 0 aliphatic carbocycles. The van der Waals surface area contributed by atoms with Crippen LogP contribution < -0.4 is 0 Å². The van der Waals surface area contributed by atoms with Gasteiger partial charge in [-0.2, -0.15) is 0 Å². The first-order valence-corrected chi connectivity index (χ1v) is 5.54. The zero-order chi connectivity index (χ0) is 7.98. The first kappa shape index (κ1) is 10.9. The molecule has 0 bridgehead atoms. The van der Waals surface area contributed by atoms with Crippen LogP contribution in [0.25, 0.3) is 0 Å². The molecule has 0 heterocycles. The second-order valence-electron chi connectivity index (χ2n) is 2.21. The van der Waals surface area contributed by atoms with E-state index in [1.807, 2.05) is 0 Å². The van der Waals surface area contributed by atoms with Crippen LogP contribution in [0.2, 0.25) is 0 Å². The maximum Gasteiger partial charge on any atom is 0.0710 e. The van der Waals surface area contributed by atoms with Crippen molar-refractivity contribution in [1.82, 2.24) is 4.90 Å². The average Bonchev–Trinajstić information content (AvgIpc) is 1.90.